The van der Waals surface area contributed by atoms with E-state index in [9.17, 15) is 13.5 Å². The third-order valence-corrected chi connectivity index (χ3v) is 5.93. The number of methoxy groups -OCH3 is 1. The number of nitrogens with one attached hydrogen (secondary N) is 2. The predicted molar refractivity (Wildman–Crippen MR) is 106 cm³/mol. The van der Waals surface area contributed by atoms with Gasteiger partial charge in [0.15, 0.2) is 0 Å². The molecular weight excluding hydrogens is 364 g/mol. The lowest BCUT2D eigenvalue weighted by Gasteiger charge is -2.19. The Kier molecular flexibility index (Phi) is 7.79. The minimum atomic E-state index is -3.67. The van der Waals surface area contributed by atoms with Crippen LogP contribution in [0.2, 0.25) is 0 Å². The van der Waals surface area contributed by atoms with Gasteiger partial charge in [-0.2, -0.15) is 0 Å². The number of hydrogen-bond acceptors (Lipinski definition) is 5. The number of aliphatic hydroxyl groups excluding tert-OH is 1. The summed E-state index contributed by atoms with van der Waals surface area (Å²) in [6.07, 6.45) is 1.08. The van der Waals surface area contributed by atoms with Crippen LogP contribution in [-0.2, 0) is 16.4 Å². The Labute approximate surface area is 161 Å². The maximum absolute atomic E-state index is 12.2. The van der Waals surface area contributed by atoms with Crippen LogP contribution in [0.15, 0.2) is 53.4 Å². The summed E-state index contributed by atoms with van der Waals surface area (Å²) in [5.41, 5.74) is 1.80. The Morgan fingerprint density at radius 3 is 2.48 bits per heavy atom. The van der Waals surface area contributed by atoms with E-state index in [4.69, 9.17) is 4.74 Å². The fourth-order valence-corrected chi connectivity index (χ4v) is 3.71. The quantitative estimate of drug-likeness (QED) is 0.577. The molecular formula is C20H28N2O4S. The SMILES string of the molecule is CNS(=O)(=O)c1cc(C(O)CNC(C)CCc2ccccc2)ccc1OC. The van der Waals surface area contributed by atoms with Crippen molar-refractivity contribution >= 4 is 10.0 Å². The van der Waals surface area contributed by atoms with E-state index in [1.54, 1.807) is 12.1 Å². The van der Waals surface area contributed by atoms with Crippen molar-refractivity contribution in [1.29, 1.82) is 0 Å². The molecule has 0 aliphatic carbocycles. The number of aliphatic hydroxyl groups is 1. The molecule has 0 aliphatic heterocycles. The van der Waals surface area contributed by atoms with Crippen molar-refractivity contribution in [2.24, 2.45) is 0 Å². The van der Waals surface area contributed by atoms with E-state index in [1.165, 1.54) is 25.8 Å². The van der Waals surface area contributed by atoms with Crippen LogP contribution in [-0.4, -0.2) is 40.3 Å². The summed E-state index contributed by atoms with van der Waals surface area (Å²) in [6, 6.07) is 15.2. The highest BCUT2D eigenvalue weighted by Gasteiger charge is 2.20. The zero-order chi connectivity index (χ0) is 19.9. The monoisotopic (exact) mass is 392 g/mol. The second-order valence-corrected chi connectivity index (χ2v) is 8.32. The second-order valence-electron chi connectivity index (χ2n) is 6.47. The second kappa shape index (κ2) is 9.85. The van der Waals surface area contributed by atoms with Crippen molar-refractivity contribution < 1.29 is 18.3 Å². The molecule has 0 saturated carbocycles. The lowest BCUT2D eigenvalue weighted by Crippen LogP contribution is -2.31. The highest BCUT2D eigenvalue weighted by atomic mass is 32.2. The standard InChI is InChI=1S/C20H28N2O4S/c1-15(9-10-16-7-5-4-6-8-16)22-14-18(23)17-11-12-19(26-3)20(13-17)27(24,25)21-2/h4-8,11-13,15,18,21-23H,9-10,14H2,1-3H3. The molecule has 0 heterocycles. The summed E-state index contributed by atoms with van der Waals surface area (Å²) >= 11 is 0. The average molecular weight is 393 g/mol. The summed E-state index contributed by atoms with van der Waals surface area (Å²) in [5.74, 6) is 0.240. The van der Waals surface area contributed by atoms with E-state index in [0.29, 0.717) is 12.1 Å². The van der Waals surface area contributed by atoms with Crippen LogP contribution in [0.1, 0.15) is 30.6 Å². The average Bonchev–Trinajstić information content (AvgIpc) is 2.70. The highest BCUT2D eigenvalue weighted by Crippen LogP contribution is 2.27. The number of hydrogen-bond donors (Lipinski definition) is 3. The minimum Gasteiger partial charge on any atom is -0.495 e. The fourth-order valence-electron chi connectivity index (χ4n) is 2.78. The molecule has 3 N–H and O–H groups in total. The van der Waals surface area contributed by atoms with Gasteiger partial charge < -0.3 is 15.2 Å². The van der Waals surface area contributed by atoms with Crippen LogP contribution >= 0.6 is 0 Å². The smallest absolute Gasteiger partial charge is 0.244 e. The highest BCUT2D eigenvalue weighted by molar-refractivity contribution is 7.89. The van der Waals surface area contributed by atoms with Gasteiger partial charge in [0, 0.05) is 12.6 Å². The largest absolute Gasteiger partial charge is 0.495 e. The number of rotatable bonds is 10. The molecule has 0 fully saturated rings. The van der Waals surface area contributed by atoms with E-state index in [1.807, 2.05) is 18.2 Å². The summed E-state index contributed by atoms with van der Waals surface area (Å²) in [6.45, 7) is 2.40. The lowest BCUT2D eigenvalue weighted by molar-refractivity contribution is 0.169. The van der Waals surface area contributed by atoms with Gasteiger partial charge in [-0.1, -0.05) is 36.4 Å². The topological polar surface area (TPSA) is 87.7 Å². The first-order valence-corrected chi connectivity index (χ1v) is 10.4. The predicted octanol–water partition coefficient (Wildman–Crippen LogP) is 2.25. The van der Waals surface area contributed by atoms with Gasteiger partial charge in [-0.25, -0.2) is 13.1 Å². The molecule has 0 bridgehead atoms. The summed E-state index contributed by atoms with van der Waals surface area (Å²) in [4.78, 5) is 0.0150. The molecule has 0 aliphatic rings. The zero-order valence-electron chi connectivity index (χ0n) is 16.0. The van der Waals surface area contributed by atoms with Crippen LogP contribution in [0, 0.1) is 0 Å². The maximum atomic E-state index is 12.2. The van der Waals surface area contributed by atoms with E-state index in [-0.39, 0.29) is 16.7 Å². The molecule has 27 heavy (non-hydrogen) atoms. The number of benzene rings is 2. The molecule has 0 spiro atoms. The van der Waals surface area contributed by atoms with Gasteiger partial charge in [0.1, 0.15) is 10.6 Å². The number of ether oxygens (including phenoxy) is 1. The zero-order valence-corrected chi connectivity index (χ0v) is 16.8. The summed E-state index contributed by atoms with van der Waals surface area (Å²) < 4.78 is 31.7. The first-order valence-electron chi connectivity index (χ1n) is 8.94. The Morgan fingerprint density at radius 2 is 1.85 bits per heavy atom. The van der Waals surface area contributed by atoms with Crippen molar-refractivity contribution in [2.45, 2.75) is 36.8 Å². The summed E-state index contributed by atoms with van der Waals surface area (Å²) in [5, 5.41) is 13.8. The fraction of sp³-hybridized carbons (Fsp3) is 0.400. The van der Waals surface area contributed by atoms with Crippen molar-refractivity contribution in [3.8, 4) is 5.75 Å². The molecule has 7 heteroatoms. The summed E-state index contributed by atoms with van der Waals surface area (Å²) in [7, 11) is -0.920. The molecule has 148 valence electrons. The molecule has 2 aromatic carbocycles. The van der Waals surface area contributed by atoms with Crippen LogP contribution in [0.3, 0.4) is 0 Å². The van der Waals surface area contributed by atoms with Gasteiger partial charge in [0.05, 0.1) is 13.2 Å². The maximum Gasteiger partial charge on any atom is 0.244 e. The lowest BCUT2D eigenvalue weighted by atomic mass is 10.1. The Bertz CT molecular complexity index is 825. The normalized spacial score (nSPS) is 13.9. The molecule has 0 saturated heterocycles. The van der Waals surface area contributed by atoms with Crippen LogP contribution in [0.5, 0.6) is 5.75 Å². The molecule has 2 atom stereocenters. The Hall–Kier alpha value is -1.93. The van der Waals surface area contributed by atoms with Crippen LogP contribution in [0.25, 0.3) is 0 Å². The molecule has 2 unspecified atom stereocenters. The minimum absolute atomic E-state index is 0.0150. The molecule has 2 aromatic rings. The number of sulfonamides is 1. The van der Waals surface area contributed by atoms with Gasteiger partial charge in [0.2, 0.25) is 10.0 Å². The molecule has 6 nitrogen and oxygen atoms in total. The van der Waals surface area contributed by atoms with Gasteiger partial charge in [-0.15, -0.1) is 0 Å². The van der Waals surface area contributed by atoms with Crippen molar-refractivity contribution in [3.05, 3.63) is 59.7 Å². The molecule has 0 aromatic heterocycles. The molecule has 0 amide bonds. The third kappa shape index (κ3) is 6.04. The van der Waals surface area contributed by atoms with Crippen LogP contribution in [0.4, 0.5) is 0 Å². The molecule has 0 radical (unpaired) electrons. The Balaban J connectivity index is 1.97. The van der Waals surface area contributed by atoms with E-state index < -0.39 is 16.1 Å². The van der Waals surface area contributed by atoms with E-state index in [0.717, 1.165) is 12.8 Å². The van der Waals surface area contributed by atoms with Crippen LogP contribution < -0.4 is 14.8 Å². The third-order valence-electron chi connectivity index (χ3n) is 4.50. The van der Waals surface area contributed by atoms with Gasteiger partial charge >= 0.3 is 0 Å². The van der Waals surface area contributed by atoms with Crippen molar-refractivity contribution in [1.82, 2.24) is 10.0 Å². The first-order chi connectivity index (χ1) is 12.9. The van der Waals surface area contributed by atoms with Crippen molar-refractivity contribution in [3.63, 3.8) is 0 Å². The van der Waals surface area contributed by atoms with E-state index in [2.05, 4.69) is 29.1 Å². The van der Waals surface area contributed by atoms with Gasteiger partial charge in [0.25, 0.3) is 0 Å². The van der Waals surface area contributed by atoms with E-state index >= 15 is 0 Å². The Morgan fingerprint density at radius 1 is 1.15 bits per heavy atom. The first kappa shape index (κ1) is 21.4. The van der Waals surface area contributed by atoms with Gasteiger partial charge in [-0.05, 0) is 50.1 Å². The van der Waals surface area contributed by atoms with Gasteiger partial charge in [-0.3, -0.25) is 0 Å². The number of aryl methyl sites for hydroxylation is 1. The molecule has 2 rings (SSSR count). The van der Waals surface area contributed by atoms with Crippen molar-refractivity contribution in [2.75, 3.05) is 20.7 Å².